The van der Waals surface area contributed by atoms with E-state index in [-0.39, 0.29) is 5.92 Å². The Morgan fingerprint density at radius 3 is 2.67 bits per heavy atom. The Balaban J connectivity index is 2.17. The van der Waals surface area contributed by atoms with Crippen LogP contribution in [0.1, 0.15) is 33.1 Å². The zero-order chi connectivity index (χ0) is 11.1. The maximum atomic E-state index is 11.0. The lowest BCUT2D eigenvalue weighted by Crippen LogP contribution is -2.67. The number of hydrogen-bond acceptors (Lipinski definition) is 5. The van der Waals surface area contributed by atoms with Crippen molar-refractivity contribution in [3.8, 4) is 0 Å². The van der Waals surface area contributed by atoms with Crippen molar-refractivity contribution in [2.24, 2.45) is 5.92 Å². The summed E-state index contributed by atoms with van der Waals surface area (Å²) in [4.78, 5) is 1.99. The second-order valence-corrected chi connectivity index (χ2v) is 5.39. The van der Waals surface area contributed by atoms with Crippen LogP contribution in [-0.2, 0) is 18.8 Å². The Kier molecular flexibility index (Phi) is 2.79. The van der Waals surface area contributed by atoms with E-state index in [1.807, 2.05) is 11.8 Å². The monoisotopic (exact) mass is 235 g/mol. The van der Waals surface area contributed by atoms with Gasteiger partial charge in [0.15, 0.2) is 0 Å². The maximum Gasteiger partial charge on any atom is 0.407 e. The lowest BCUT2D eigenvalue weighted by atomic mass is 9.95. The van der Waals surface area contributed by atoms with Crippen LogP contribution in [0.5, 0.6) is 0 Å². The van der Waals surface area contributed by atoms with Gasteiger partial charge in [0.2, 0.25) is 0 Å². The minimum atomic E-state index is -3.72. The summed E-state index contributed by atoms with van der Waals surface area (Å²) >= 11 is 0. The molecule has 2 aliphatic heterocycles. The molecule has 2 rings (SSSR count). The first-order valence-electron chi connectivity index (χ1n) is 5.41. The van der Waals surface area contributed by atoms with Gasteiger partial charge in [0.1, 0.15) is 0 Å². The fraction of sp³-hybridized carbons (Fsp3) is 1.00. The second kappa shape index (κ2) is 3.69. The molecule has 0 radical (unpaired) electrons. The van der Waals surface area contributed by atoms with E-state index in [2.05, 4.69) is 6.92 Å². The Morgan fingerprint density at radius 2 is 2.13 bits per heavy atom. The van der Waals surface area contributed by atoms with Gasteiger partial charge in [0, 0.05) is 19.0 Å². The normalized spacial score (nSPS) is 33.9. The van der Waals surface area contributed by atoms with Crippen LogP contribution in [-0.4, -0.2) is 32.3 Å². The predicted octanol–water partition coefficient (Wildman–Crippen LogP) is 1.07. The lowest BCUT2D eigenvalue weighted by Gasteiger charge is -2.52. The summed E-state index contributed by atoms with van der Waals surface area (Å²) in [5, 5.41) is 0. The van der Waals surface area contributed by atoms with Gasteiger partial charge in [0.05, 0.1) is 0 Å². The Labute approximate surface area is 90.7 Å². The molecule has 0 aromatic carbocycles. The Bertz CT molecular complexity index is 326. The molecule has 1 unspecified atom stereocenters. The van der Waals surface area contributed by atoms with E-state index in [4.69, 9.17) is 8.37 Å². The van der Waals surface area contributed by atoms with Gasteiger partial charge in [-0.15, -0.1) is 0 Å². The van der Waals surface area contributed by atoms with Crippen LogP contribution in [0, 0.1) is 5.92 Å². The van der Waals surface area contributed by atoms with Crippen LogP contribution >= 0.6 is 0 Å². The molecule has 2 fully saturated rings. The standard InChI is InChI=1S/C9H17NO4S/c1-3-6-10-7-4-5-8(2)9(10)13-15(11,12)14-9/h8H,3-7H2,1-2H3. The van der Waals surface area contributed by atoms with Crippen LogP contribution in [0.25, 0.3) is 0 Å². The summed E-state index contributed by atoms with van der Waals surface area (Å²) in [5.74, 6) is -0.895. The molecule has 2 aliphatic rings. The van der Waals surface area contributed by atoms with Gasteiger partial charge in [0.25, 0.3) is 5.91 Å². The van der Waals surface area contributed by atoms with Crippen molar-refractivity contribution in [3.05, 3.63) is 0 Å². The third-order valence-corrected chi connectivity index (χ3v) is 3.95. The first-order chi connectivity index (χ1) is 7.00. The van der Waals surface area contributed by atoms with Crippen LogP contribution < -0.4 is 0 Å². The first kappa shape index (κ1) is 11.3. The van der Waals surface area contributed by atoms with Gasteiger partial charge in [-0.05, 0) is 19.3 Å². The van der Waals surface area contributed by atoms with Crippen molar-refractivity contribution in [2.45, 2.75) is 39.0 Å². The van der Waals surface area contributed by atoms with Crippen molar-refractivity contribution in [2.75, 3.05) is 13.1 Å². The zero-order valence-electron chi connectivity index (χ0n) is 9.10. The topological polar surface area (TPSA) is 55.8 Å². The molecule has 6 heteroatoms. The molecule has 5 nitrogen and oxygen atoms in total. The molecule has 0 bridgehead atoms. The highest BCUT2D eigenvalue weighted by atomic mass is 32.3. The number of rotatable bonds is 2. The van der Waals surface area contributed by atoms with Crippen molar-refractivity contribution < 1.29 is 16.8 Å². The van der Waals surface area contributed by atoms with Crippen LogP contribution in [0.15, 0.2) is 0 Å². The smallest absolute Gasteiger partial charge is 0.250 e. The summed E-state index contributed by atoms with van der Waals surface area (Å²) in [6.07, 6.45) is 2.96. The average molecular weight is 235 g/mol. The summed E-state index contributed by atoms with van der Waals surface area (Å²) in [7, 11) is -3.72. The highest BCUT2D eigenvalue weighted by Gasteiger charge is 2.60. The largest absolute Gasteiger partial charge is 0.407 e. The fourth-order valence-electron chi connectivity index (χ4n) is 2.34. The number of likely N-dealkylation sites (tertiary alicyclic amines) is 1. The number of hydrogen-bond donors (Lipinski definition) is 0. The molecule has 2 saturated heterocycles. The molecule has 0 N–H and O–H groups in total. The van der Waals surface area contributed by atoms with E-state index in [1.54, 1.807) is 0 Å². The summed E-state index contributed by atoms with van der Waals surface area (Å²) in [6, 6.07) is 0. The van der Waals surface area contributed by atoms with E-state index in [0.717, 1.165) is 32.4 Å². The molecule has 0 amide bonds. The molecule has 0 aromatic rings. The van der Waals surface area contributed by atoms with E-state index in [1.165, 1.54) is 0 Å². The molecule has 88 valence electrons. The van der Waals surface area contributed by atoms with Gasteiger partial charge in [-0.1, -0.05) is 13.8 Å². The summed E-state index contributed by atoms with van der Waals surface area (Å²) < 4.78 is 32.0. The molecule has 1 atom stereocenters. The Hall–Kier alpha value is -0.170. The van der Waals surface area contributed by atoms with Gasteiger partial charge in [-0.25, -0.2) is 0 Å². The van der Waals surface area contributed by atoms with E-state index in [0.29, 0.717) is 0 Å². The van der Waals surface area contributed by atoms with E-state index >= 15 is 0 Å². The fourth-order valence-corrected chi connectivity index (χ4v) is 3.48. The van der Waals surface area contributed by atoms with Gasteiger partial charge in [-0.3, -0.25) is 4.90 Å². The minimum Gasteiger partial charge on any atom is -0.250 e. The molecule has 0 saturated carbocycles. The highest BCUT2D eigenvalue weighted by Crippen LogP contribution is 2.44. The minimum absolute atomic E-state index is 0.0984. The first-order valence-corrected chi connectivity index (χ1v) is 6.75. The van der Waals surface area contributed by atoms with Crippen LogP contribution in [0.4, 0.5) is 0 Å². The van der Waals surface area contributed by atoms with E-state index in [9.17, 15) is 8.42 Å². The molecular formula is C9H17NO4S. The molecule has 0 aromatic heterocycles. The molecule has 15 heavy (non-hydrogen) atoms. The predicted molar refractivity (Wildman–Crippen MR) is 54.1 cm³/mol. The van der Waals surface area contributed by atoms with Crippen LogP contribution in [0.2, 0.25) is 0 Å². The lowest BCUT2D eigenvalue weighted by molar-refractivity contribution is -0.319. The molecule has 0 aliphatic carbocycles. The van der Waals surface area contributed by atoms with Crippen molar-refractivity contribution in [1.29, 1.82) is 0 Å². The maximum absolute atomic E-state index is 11.0. The van der Waals surface area contributed by atoms with Crippen LogP contribution in [0.3, 0.4) is 0 Å². The number of nitrogens with zero attached hydrogens (tertiary/aromatic N) is 1. The second-order valence-electron chi connectivity index (χ2n) is 4.24. The van der Waals surface area contributed by atoms with Crippen molar-refractivity contribution >= 4 is 10.4 Å². The average Bonchev–Trinajstić information content (AvgIpc) is 2.10. The third kappa shape index (κ3) is 1.80. The summed E-state index contributed by atoms with van der Waals surface area (Å²) in [6.45, 7) is 5.67. The SMILES string of the molecule is CCCN1CCCC(C)C12OS(=O)(=O)O2. The quantitative estimate of drug-likeness (QED) is 0.716. The summed E-state index contributed by atoms with van der Waals surface area (Å²) in [5.41, 5.74) is 0. The third-order valence-electron chi connectivity index (χ3n) is 3.07. The van der Waals surface area contributed by atoms with E-state index < -0.39 is 16.3 Å². The highest BCUT2D eigenvalue weighted by molar-refractivity contribution is 7.82. The van der Waals surface area contributed by atoms with Gasteiger partial charge < -0.3 is 0 Å². The van der Waals surface area contributed by atoms with Gasteiger partial charge in [-0.2, -0.15) is 16.8 Å². The molecule has 1 spiro atoms. The molecule has 2 heterocycles. The van der Waals surface area contributed by atoms with Crippen molar-refractivity contribution in [1.82, 2.24) is 4.90 Å². The Morgan fingerprint density at radius 1 is 1.47 bits per heavy atom. The van der Waals surface area contributed by atoms with Gasteiger partial charge >= 0.3 is 10.4 Å². The van der Waals surface area contributed by atoms with Crippen molar-refractivity contribution in [3.63, 3.8) is 0 Å². The number of piperidine rings is 1. The zero-order valence-corrected chi connectivity index (χ0v) is 9.92. The molecular weight excluding hydrogens is 218 g/mol.